The fraction of sp³-hybridized carbons (Fsp3) is 0.400. The fourth-order valence-corrected chi connectivity index (χ4v) is 3.73. The molecule has 94 valence electrons. The zero-order valence-electron chi connectivity index (χ0n) is 8.81. The van der Waals surface area contributed by atoms with Crippen LogP contribution in [0.5, 0.6) is 0 Å². The highest BCUT2D eigenvalue weighted by Crippen LogP contribution is 2.28. The summed E-state index contributed by atoms with van der Waals surface area (Å²) in [5, 5.41) is 9.72. The second-order valence-electron chi connectivity index (χ2n) is 3.88. The quantitative estimate of drug-likeness (QED) is 0.894. The van der Waals surface area contributed by atoms with Crippen LogP contribution in [-0.4, -0.2) is 37.0 Å². The molecule has 1 saturated heterocycles. The first-order valence-corrected chi connectivity index (χ1v) is 7.65. The molecule has 2 rings (SSSR count). The highest BCUT2D eigenvalue weighted by atomic mass is 79.9. The van der Waals surface area contributed by atoms with Gasteiger partial charge in [0.15, 0.2) is 0 Å². The Morgan fingerprint density at radius 3 is 2.71 bits per heavy atom. The van der Waals surface area contributed by atoms with Gasteiger partial charge in [-0.05, 0) is 40.5 Å². The first kappa shape index (κ1) is 13.3. The van der Waals surface area contributed by atoms with Gasteiger partial charge in [-0.25, -0.2) is 8.42 Å². The molecule has 0 spiro atoms. The van der Waals surface area contributed by atoms with Crippen LogP contribution in [-0.2, 0) is 10.0 Å². The molecule has 0 saturated carbocycles. The number of hydrogen-bond acceptors (Lipinski definition) is 3. The molecule has 1 atom stereocenters. The molecule has 1 fully saturated rings. The van der Waals surface area contributed by atoms with Gasteiger partial charge in [-0.15, -0.1) is 0 Å². The molecule has 1 aliphatic heterocycles. The summed E-state index contributed by atoms with van der Waals surface area (Å²) in [5.74, 6) is 0. The van der Waals surface area contributed by atoms with Gasteiger partial charge in [-0.3, -0.25) is 0 Å². The van der Waals surface area contributed by atoms with E-state index < -0.39 is 16.1 Å². The van der Waals surface area contributed by atoms with Crippen molar-refractivity contribution >= 4 is 37.6 Å². The van der Waals surface area contributed by atoms with Gasteiger partial charge in [0.05, 0.1) is 16.0 Å². The molecule has 1 unspecified atom stereocenters. The van der Waals surface area contributed by atoms with Gasteiger partial charge >= 0.3 is 0 Å². The van der Waals surface area contributed by atoms with Crippen molar-refractivity contribution in [2.45, 2.75) is 17.4 Å². The third kappa shape index (κ3) is 2.66. The molecule has 0 aromatic heterocycles. The second-order valence-corrected chi connectivity index (χ2v) is 7.08. The van der Waals surface area contributed by atoms with Gasteiger partial charge in [0, 0.05) is 17.6 Å². The van der Waals surface area contributed by atoms with Crippen molar-refractivity contribution in [3.05, 3.63) is 27.7 Å². The van der Waals surface area contributed by atoms with Crippen LogP contribution in [0.25, 0.3) is 0 Å². The lowest BCUT2D eigenvalue weighted by Gasteiger charge is -2.15. The molecule has 17 heavy (non-hydrogen) atoms. The van der Waals surface area contributed by atoms with Crippen molar-refractivity contribution < 1.29 is 13.5 Å². The molecule has 1 N–H and O–H groups in total. The number of aliphatic hydroxyl groups is 1. The predicted octanol–water partition coefficient (Wildman–Crippen LogP) is 1.86. The third-order valence-corrected chi connectivity index (χ3v) is 5.75. The normalized spacial score (nSPS) is 21.9. The molecule has 4 nitrogen and oxygen atoms in total. The molecule has 0 aliphatic carbocycles. The van der Waals surface area contributed by atoms with Crippen molar-refractivity contribution in [3.63, 3.8) is 0 Å². The Morgan fingerprint density at radius 1 is 1.47 bits per heavy atom. The van der Waals surface area contributed by atoms with Gasteiger partial charge in [0.25, 0.3) is 0 Å². The number of nitrogens with zero attached hydrogens (tertiary/aromatic N) is 1. The largest absolute Gasteiger partial charge is 0.392 e. The Labute approximate surface area is 113 Å². The smallest absolute Gasteiger partial charge is 0.243 e. The molecule has 7 heteroatoms. The van der Waals surface area contributed by atoms with E-state index in [-0.39, 0.29) is 11.4 Å². The molecule has 0 bridgehead atoms. The lowest BCUT2D eigenvalue weighted by molar-refractivity contribution is 0.189. The third-order valence-electron chi connectivity index (χ3n) is 2.65. The highest BCUT2D eigenvalue weighted by molar-refractivity contribution is 9.10. The molecule has 1 aromatic carbocycles. The maximum Gasteiger partial charge on any atom is 0.243 e. The van der Waals surface area contributed by atoms with Crippen molar-refractivity contribution in [1.82, 2.24) is 4.31 Å². The van der Waals surface area contributed by atoms with E-state index in [9.17, 15) is 13.5 Å². The van der Waals surface area contributed by atoms with Crippen molar-refractivity contribution in [2.24, 2.45) is 0 Å². The van der Waals surface area contributed by atoms with E-state index in [1.807, 2.05) is 0 Å². The summed E-state index contributed by atoms with van der Waals surface area (Å²) in [6, 6.07) is 4.50. The van der Waals surface area contributed by atoms with E-state index in [1.54, 1.807) is 6.07 Å². The number of β-amino-alcohol motifs (C(OH)–C–C–N with tert-alkyl or cyclic N) is 1. The van der Waals surface area contributed by atoms with E-state index in [0.29, 0.717) is 22.5 Å². The minimum atomic E-state index is -3.54. The average molecular weight is 341 g/mol. The summed E-state index contributed by atoms with van der Waals surface area (Å²) in [6.07, 6.45) is -0.0977. The van der Waals surface area contributed by atoms with Crippen molar-refractivity contribution in [2.75, 3.05) is 13.1 Å². The number of halogens is 2. The molecule has 1 heterocycles. The van der Waals surface area contributed by atoms with Crippen LogP contribution in [0.1, 0.15) is 6.42 Å². The van der Waals surface area contributed by atoms with Gasteiger partial charge < -0.3 is 5.11 Å². The molecular weight excluding hydrogens is 330 g/mol. The maximum atomic E-state index is 12.2. The van der Waals surface area contributed by atoms with Gasteiger partial charge in [0.2, 0.25) is 10.0 Å². The average Bonchev–Trinajstić information content (AvgIpc) is 2.69. The Kier molecular flexibility index (Phi) is 3.80. The van der Waals surface area contributed by atoms with E-state index in [4.69, 9.17) is 11.6 Å². The topological polar surface area (TPSA) is 57.6 Å². The van der Waals surface area contributed by atoms with Crippen LogP contribution in [0.15, 0.2) is 27.6 Å². The number of aliphatic hydroxyl groups excluding tert-OH is 1. The Bertz CT molecular complexity index is 534. The minimum Gasteiger partial charge on any atom is -0.392 e. The van der Waals surface area contributed by atoms with Crippen LogP contribution in [0.4, 0.5) is 0 Å². The SMILES string of the molecule is O=S(=O)(c1ccc(Br)c(Cl)c1)N1CCC(O)C1. The second kappa shape index (κ2) is 4.85. The molecule has 0 amide bonds. The molecule has 1 aliphatic rings. The van der Waals surface area contributed by atoms with E-state index in [2.05, 4.69) is 15.9 Å². The van der Waals surface area contributed by atoms with Crippen LogP contribution in [0.2, 0.25) is 5.02 Å². The number of benzene rings is 1. The minimum absolute atomic E-state index is 0.149. The van der Waals surface area contributed by atoms with E-state index in [0.717, 1.165) is 0 Å². The summed E-state index contributed by atoms with van der Waals surface area (Å²) in [4.78, 5) is 0.153. The Balaban J connectivity index is 2.35. The summed E-state index contributed by atoms with van der Waals surface area (Å²) in [6.45, 7) is 0.493. The van der Waals surface area contributed by atoms with E-state index in [1.165, 1.54) is 16.4 Å². The maximum absolute atomic E-state index is 12.2. The molecule has 0 radical (unpaired) electrons. The molecular formula is C10H11BrClNO3S. The number of sulfonamides is 1. The summed E-state index contributed by atoms with van der Waals surface area (Å²) >= 11 is 9.08. The Hall–Kier alpha value is -0.140. The van der Waals surface area contributed by atoms with Crippen molar-refractivity contribution in [1.29, 1.82) is 0 Å². The summed E-state index contributed by atoms with van der Waals surface area (Å²) in [5.41, 5.74) is 0. The van der Waals surface area contributed by atoms with Crippen molar-refractivity contribution in [3.8, 4) is 0 Å². The molecule has 1 aromatic rings. The first-order chi connectivity index (χ1) is 7.91. The number of rotatable bonds is 2. The Morgan fingerprint density at radius 2 is 2.18 bits per heavy atom. The van der Waals surface area contributed by atoms with Gasteiger partial charge in [0.1, 0.15) is 0 Å². The fourth-order valence-electron chi connectivity index (χ4n) is 1.72. The lowest BCUT2D eigenvalue weighted by atomic mass is 10.3. The van der Waals surface area contributed by atoms with Gasteiger partial charge in [-0.1, -0.05) is 11.6 Å². The van der Waals surface area contributed by atoms with E-state index >= 15 is 0 Å². The monoisotopic (exact) mass is 339 g/mol. The zero-order chi connectivity index (χ0) is 12.6. The van der Waals surface area contributed by atoms with Crippen LogP contribution >= 0.6 is 27.5 Å². The summed E-state index contributed by atoms with van der Waals surface area (Å²) in [7, 11) is -3.54. The van der Waals surface area contributed by atoms with Crippen LogP contribution < -0.4 is 0 Å². The summed E-state index contributed by atoms with van der Waals surface area (Å²) < 4.78 is 26.3. The standard InChI is InChI=1S/C10H11BrClNO3S/c11-9-2-1-8(5-10(9)12)17(15,16)13-4-3-7(14)6-13/h1-2,5,7,14H,3-4,6H2. The van der Waals surface area contributed by atoms with Gasteiger partial charge in [-0.2, -0.15) is 4.31 Å². The first-order valence-electron chi connectivity index (χ1n) is 5.04. The number of hydrogen-bond donors (Lipinski definition) is 1. The van der Waals surface area contributed by atoms with Crippen LogP contribution in [0, 0.1) is 0 Å². The zero-order valence-corrected chi connectivity index (χ0v) is 12.0. The predicted molar refractivity (Wildman–Crippen MR) is 68.5 cm³/mol. The highest BCUT2D eigenvalue weighted by Gasteiger charge is 2.31. The lowest BCUT2D eigenvalue weighted by Crippen LogP contribution is -2.29. The van der Waals surface area contributed by atoms with Crippen LogP contribution in [0.3, 0.4) is 0 Å².